The molecule has 1 aromatic carbocycles. The lowest BCUT2D eigenvalue weighted by Crippen LogP contribution is -2.44. The molecule has 0 aromatic heterocycles. The lowest BCUT2D eigenvalue weighted by molar-refractivity contribution is 0.445. The maximum Gasteiger partial charge on any atom is 0.158 e. The van der Waals surface area contributed by atoms with E-state index < -0.39 is 9.84 Å². The molecule has 0 amide bonds. The fraction of sp³-hybridized carbons (Fsp3) is 0.647. The topological polar surface area (TPSA) is 46.2 Å². The molecule has 0 aliphatic carbocycles. The number of benzene rings is 1. The van der Waals surface area contributed by atoms with Gasteiger partial charge in [0.05, 0.1) is 11.0 Å². The summed E-state index contributed by atoms with van der Waals surface area (Å²) in [5.41, 5.74) is 1.99. The molecule has 0 bridgehead atoms. The van der Waals surface area contributed by atoms with E-state index >= 15 is 0 Å². The molecule has 1 N–H and O–H groups in total. The fourth-order valence-electron chi connectivity index (χ4n) is 2.92. The third kappa shape index (κ3) is 5.44. The molecule has 4 heteroatoms. The molecule has 120 valence electrons. The van der Waals surface area contributed by atoms with Gasteiger partial charge in [-0.3, -0.25) is 0 Å². The van der Waals surface area contributed by atoms with Gasteiger partial charge in [-0.2, -0.15) is 0 Å². The Morgan fingerprint density at radius 3 is 2.43 bits per heavy atom. The fourth-order valence-corrected chi connectivity index (χ4v) is 5.02. The Morgan fingerprint density at radius 1 is 1.19 bits per heavy atom. The monoisotopic (exact) mass is 311 g/mol. The van der Waals surface area contributed by atoms with Crippen molar-refractivity contribution in [1.29, 1.82) is 0 Å². The van der Waals surface area contributed by atoms with Crippen molar-refractivity contribution in [2.24, 2.45) is 0 Å². The molecule has 0 fully saturated rings. The number of rotatable bonds is 9. The van der Waals surface area contributed by atoms with Crippen LogP contribution in [0.15, 0.2) is 24.3 Å². The van der Waals surface area contributed by atoms with Crippen molar-refractivity contribution in [3.8, 4) is 0 Å². The third-order valence-electron chi connectivity index (χ3n) is 3.83. The Balaban J connectivity index is 2.95. The first kappa shape index (κ1) is 18.2. The third-order valence-corrected chi connectivity index (χ3v) is 6.15. The van der Waals surface area contributed by atoms with Crippen molar-refractivity contribution in [3.05, 3.63) is 35.4 Å². The van der Waals surface area contributed by atoms with Gasteiger partial charge in [0.1, 0.15) is 0 Å². The summed E-state index contributed by atoms with van der Waals surface area (Å²) in [6, 6.07) is 7.84. The van der Waals surface area contributed by atoms with Crippen LogP contribution in [0.4, 0.5) is 0 Å². The maximum atomic E-state index is 12.8. The normalized spacial score (nSPS) is 14.9. The summed E-state index contributed by atoms with van der Waals surface area (Å²) in [5.74, 6) is 0.138. The lowest BCUT2D eigenvalue weighted by Gasteiger charge is -2.26. The highest BCUT2D eigenvalue weighted by Crippen LogP contribution is 2.20. The van der Waals surface area contributed by atoms with Crippen molar-refractivity contribution in [3.63, 3.8) is 0 Å². The van der Waals surface area contributed by atoms with Gasteiger partial charge in [0.2, 0.25) is 0 Å². The molecule has 0 saturated carbocycles. The van der Waals surface area contributed by atoms with Crippen LogP contribution in [-0.4, -0.2) is 26.3 Å². The van der Waals surface area contributed by atoms with Crippen molar-refractivity contribution in [1.82, 2.24) is 5.32 Å². The zero-order valence-corrected chi connectivity index (χ0v) is 14.5. The smallest absolute Gasteiger partial charge is 0.158 e. The summed E-state index contributed by atoms with van der Waals surface area (Å²) in [6.07, 6.45) is 2.55. The highest BCUT2D eigenvalue weighted by Gasteiger charge is 2.31. The summed E-state index contributed by atoms with van der Waals surface area (Å²) in [6.45, 7) is 8.90. The SMILES string of the molecule is CCCC(NCC)C(CC)S(=O)(=O)Cc1cccc(C)c1. The zero-order chi connectivity index (χ0) is 15.9. The van der Waals surface area contributed by atoms with Crippen LogP contribution in [0.1, 0.15) is 51.2 Å². The van der Waals surface area contributed by atoms with E-state index in [9.17, 15) is 8.42 Å². The van der Waals surface area contributed by atoms with Crippen molar-refractivity contribution in [2.75, 3.05) is 6.54 Å². The van der Waals surface area contributed by atoms with Gasteiger partial charge in [0.25, 0.3) is 0 Å². The summed E-state index contributed by atoms with van der Waals surface area (Å²) in [4.78, 5) is 0. The Kier molecular flexibility index (Phi) is 7.40. The molecule has 21 heavy (non-hydrogen) atoms. The van der Waals surface area contributed by atoms with E-state index in [1.54, 1.807) is 0 Å². The molecular formula is C17H29NO2S. The molecule has 1 rings (SSSR count). The number of aryl methyl sites for hydroxylation is 1. The first-order valence-corrected chi connectivity index (χ1v) is 9.66. The van der Waals surface area contributed by atoms with Crippen LogP contribution in [-0.2, 0) is 15.6 Å². The summed E-state index contributed by atoms with van der Waals surface area (Å²) in [5, 5.41) is 3.05. The van der Waals surface area contributed by atoms with Crippen molar-refractivity contribution < 1.29 is 8.42 Å². The van der Waals surface area contributed by atoms with E-state index in [2.05, 4.69) is 12.2 Å². The first-order chi connectivity index (χ1) is 9.94. The molecular weight excluding hydrogens is 282 g/mol. The average Bonchev–Trinajstić information content (AvgIpc) is 2.39. The van der Waals surface area contributed by atoms with Crippen molar-refractivity contribution >= 4 is 9.84 Å². The standard InChI is InChI=1S/C17H29NO2S/c1-5-9-16(18-7-3)17(6-2)21(19,20)13-15-11-8-10-14(4)12-15/h8,10-12,16-18H,5-7,9,13H2,1-4H3. The number of sulfone groups is 1. The van der Waals surface area contributed by atoms with Crippen LogP contribution >= 0.6 is 0 Å². The Bertz CT molecular complexity index is 519. The molecule has 2 unspecified atom stereocenters. The highest BCUT2D eigenvalue weighted by atomic mass is 32.2. The summed E-state index contributed by atoms with van der Waals surface area (Å²) >= 11 is 0. The summed E-state index contributed by atoms with van der Waals surface area (Å²) in [7, 11) is -3.15. The van der Waals surface area contributed by atoms with Crippen LogP contribution in [0.3, 0.4) is 0 Å². The molecule has 0 aliphatic rings. The first-order valence-electron chi connectivity index (χ1n) is 7.95. The van der Waals surface area contributed by atoms with Crippen molar-refractivity contribution in [2.45, 2.75) is 64.0 Å². The minimum absolute atomic E-state index is 0.0554. The predicted octanol–water partition coefficient (Wildman–Crippen LogP) is 3.47. The average molecular weight is 311 g/mol. The number of hydrogen-bond donors (Lipinski definition) is 1. The maximum absolute atomic E-state index is 12.8. The van der Waals surface area contributed by atoms with Gasteiger partial charge < -0.3 is 5.32 Å². The van der Waals surface area contributed by atoms with Crippen LogP contribution in [0.5, 0.6) is 0 Å². The minimum atomic E-state index is -3.15. The molecule has 0 aliphatic heterocycles. The molecule has 0 radical (unpaired) electrons. The van der Waals surface area contributed by atoms with E-state index in [4.69, 9.17) is 0 Å². The van der Waals surface area contributed by atoms with E-state index in [1.165, 1.54) is 0 Å². The highest BCUT2D eigenvalue weighted by molar-refractivity contribution is 7.91. The second kappa shape index (κ2) is 8.54. The zero-order valence-electron chi connectivity index (χ0n) is 13.7. The predicted molar refractivity (Wildman–Crippen MR) is 90.3 cm³/mol. The Hall–Kier alpha value is -0.870. The van der Waals surface area contributed by atoms with Gasteiger partial charge in [-0.25, -0.2) is 8.42 Å². The second-order valence-electron chi connectivity index (χ2n) is 5.70. The molecule has 2 atom stereocenters. The number of nitrogens with one attached hydrogen (secondary N) is 1. The van der Waals surface area contributed by atoms with Gasteiger partial charge in [0.15, 0.2) is 9.84 Å². The van der Waals surface area contributed by atoms with E-state index in [0.29, 0.717) is 6.42 Å². The van der Waals surface area contributed by atoms with Gasteiger partial charge in [-0.05, 0) is 31.9 Å². The van der Waals surface area contributed by atoms with Gasteiger partial charge >= 0.3 is 0 Å². The largest absolute Gasteiger partial charge is 0.313 e. The van der Waals surface area contributed by atoms with E-state index in [0.717, 1.165) is 30.5 Å². The number of hydrogen-bond acceptors (Lipinski definition) is 3. The van der Waals surface area contributed by atoms with Crippen LogP contribution in [0.2, 0.25) is 0 Å². The minimum Gasteiger partial charge on any atom is -0.313 e. The molecule has 3 nitrogen and oxygen atoms in total. The Morgan fingerprint density at radius 2 is 1.90 bits per heavy atom. The summed E-state index contributed by atoms with van der Waals surface area (Å²) < 4.78 is 25.6. The van der Waals surface area contributed by atoms with Gasteiger partial charge in [0, 0.05) is 6.04 Å². The van der Waals surface area contributed by atoms with Crippen LogP contribution in [0.25, 0.3) is 0 Å². The quantitative estimate of drug-likeness (QED) is 0.759. The molecule has 0 saturated heterocycles. The van der Waals surface area contributed by atoms with Gasteiger partial charge in [-0.15, -0.1) is 0 Å². The second-order valence-corrected chi connectivity index (χ2v) is 7.92. The van der Waals surface area contributed by atoms with Crippen LogP contribution < -0.4 is 5.32 Å². The van der Waals surface area contributed by atoms with Gasteiger partial charge in [-0.1, -0.05) is 57.0 Å². The lowest BCUT2D eigenvalue weighted by atomic mass is 10.1. The molecule has 0 heterocycles. The molecule has 0 spiro atoms. The van der Waals surface area contributed by atoms with E-state index in [1.807, 2.05) is 45.0 Å². The Labute approximate surface area is 130 Å². The van der Waals surface area contributed by atoms with Crippen LogP contribution in [0, 0.1) is 6.92 Å². The van der Waals surface area contributed by atoms with E-state index in [-0.39, 0.29) is 17.0 Å². The molecule has 1 aromatic rings.